The van der Waals surface area contributed by atoms with Gasteiger partial charge in [-0.05, 0) is 7.05 Å². The molecular formula is CH6N2O4S-2. The molecule has 0 aromatic carbocycles. The molecule has 0 fully saturated rings. The van der Waals surface area contributed by atoms with Crippen molar-refractivity contribution < 1.29 is 17.5 Å². The Balaban J connectivity index is 0. The van der Waals surface area contributed by atoms with Crippen molar-refractivity contribution in [1.29, 1.82) is 0 Å². The number of rotatable bonds is 0. The van der Waals surface area contributed by atoms with Gasteiger partial charge < -0.3 is 9.11 Å². The second-order valence-electron chi connectivity index (χ2n) is 0.697. The van der Waals surface area contributed by atoms with E-state index in [1.807, 2.05) is 0 Å². The summed E-state index contributed by atoms with van der Waals surface area (Å²) in [4.78, 5) is 0. The van der Waals surface area contributed by atoms with E-state index in [-0.39, 0.29) is 0 Å². The minimum Gasteiger partial charge on any atom is -0.759 e. The summed E-state index contributed by atoms with van der Waals surface area (Å²) in [6.07, 6.45) is 0. The topological polar surface area (TPSA) is 118 Å². The van der Waals surface area contributed by atoms with E-state index in [9.17, 15) is 0 Å². The summed E-state index contributed by atoms with van der Waals surface area (Å²) < 4.78 is 34.1. The predicted octanol–water partition coefficient (Wildman–Crippen LogP) is -2.26. The Morgan fingerprint density at radius 3 is 1.50 bits per heavy atom. The van der Waals surface area contributed by atoms with Gasteiger partial charge >= 0.3 is 0 Å². The van der Waals surface area contributed by atoms with Gasteiger partial charge in [-0.25, -0.2) is 0 Å². The Morgan fingerprint density at radius 1 is 1.50 bits per heavy atom. The SMILES string of the molecule is CNN.O=S(=O)([O-])[O-]. The maximum atomic E-state index is 8.52. The second-order valence-corrected chi connectivity index (χ2v) is 1.51. The van der Waals surface area contributed by atoms with Crippen molar-refractivity contribution in [3.63, 3.8) is 0 Å². The Morgan fingerprint density at radius 2 is 1.50 bits per heavy atom. The van der Waals surface area contributed by atoms with Crippen molar-refractivity contribution in [2.75, 3.05) is 7.05 Å². The van der Waals surface area contributed by atoms with E-state index in [0.717, 1.165) is 0 Å². The molecule has 6 nitrogen and oxygen atoms in total. The van der Waals surface area contributed by atoms with Gasteiger partial charge in [0.05, 0.1) is 0 Å². The predicted molar refractivity (Wildman–Crippen MR) is 23.7 cm³/mol. The molecule has 3 N–H and O–H groups in total. The van der Waals surface area contributed by atoms with Crippen molar-refractivity contribution >= 4 is 10.4 Å². The average Bonchev–Trinajstić information content (AvgIpc) is 1.27. The van der Waals surface area contributed by atoms with Crippen molar-refractivity contribution in [3.8, 4) is 0 Å². The average molecular weight is 142 g/mol. The van der Waals surface area contributed by atoms with Gasteiger partial charge in [-0.3, -0.25) is 19.7 Å². The first-order valence-electron chi connectivity index (χ1n) is 1.46. The van der Waals surface area contributed by atoms with Gasteiger partial charge in [0, 0.05) is 10.4 Å². The second kappa shape index (κ2) is 4.94. The van der Waals surface area contributed by atoms with Crippen molar-refractivity contribution in [1.82, 2.24) is 5.43 Å². The van der Waals surface area contributed by atoms with Crippen LogP contribution in [-0.2, 0) is 10.4 Å². The van der Waals surface area contributed by atoms with Gasteiger partial charge in [0.1, 0.15) is 0 Å². The first-order valence-corrected chi connectivity index (χ1v) is 2.79. The van der Waals surface area contributed by atoms with E-state index in [1.54, 1.807) is 7.05 Å². The van der Waals surface area contributed by atoms with Crippen molar-refractivity contribution in [2.24, 2.45) is 5.84 Å². The molecule has 0 aliphatic heterocycles. The number of nitrogens with two attached hydrogens (primary N) is 1. The summed E-state index contributed by atoms with van der Waals surface area (Å²) in [5.74, 6) is 4.60. The minimum absolute atomic E-state index is 1.65. The number of hydrazine groups is 1. The fraction of sp³-hybridized carbons (Fsp3) is 1.00. The Hall–Kier alpha value is -0.210. The highest BCUT2D eigenvalue weighted by Gasteiger charge is 1.49. The first kappa shape index (κ1) is 10.7. The van der Waals surface area contributed by atoms with Crippen LogP contribution in [0.3, 0.4) is 0 Å². The summed E-state index contributed by atoms with van der Waals surface area (Å²) in [5.41, 5.74) is 2.25. The van der Waals surface area contributed by atoms with Gasteiger partial charge in [-0.2, -0.15) is 0 Å². The molecule has 7 heteroatoms. The Kier molecular flexibility index (Phi) is 6.61. The third kappa shape index (κ3) is 3010. The van der Waals surface area contributed by atoms with Crippen LogP contribution in [0, 0.1) is 0 Å². The highest BCUT2D eigenvalue weighted by atomic mass is 32.3. The van der Waals surface area contributed by atoms with E-state index < -0.39 is 10.4 Å². The summed E-state index contributed by atoms with van der Waals surface area (Å²) in [7, 11) is -3.51. The first-order chi connectivity index (χ1) is 3.41. The third-order valence-corrected chi connectivity index (χ3v) is 0. The molecule has 0 atom stereocenters. The molecule has 0 radical (unpaired) electrons. The maximum Gasteiger partial charge on any atom is 0.0311 e. The van der Waals surface area contributed by atoms with Gasteiger partial charge in [0.2, 0.25) is 0 Å². The lowest BCUT2D eigenvalue weighted by Gasteiger charge is -2.06. The number of nitrogens with one attached hydrogen (secondary N) is 1. The fourth-order valence-corrected chi connectivity index (χ4v) is 0. The van der Waals surface area contributed by atoms with Crippen LogP contribution < -0.4 is 11.3 Å². The molecule has 0 saturated heterocycles. The molecule has 0 bridgehead atoms. The lowest BCUT2D eigenvalue weighted by Crippen LogP contribution is -2.13. The fourth-order valence-electron chi connectivity index (χ4n) is 0. The Bertz CT molecular complexity index is 108. The zero-order chi connectivity index (χ0) is 7.21. The van der Waals surface area contributed by atoms with Crippen LogP contribution >= 0.6 is 0 Å². The smallest absolute Gasteiger partial charge is 0.0311 e. The molecule has 0 heterocycles. The van der Waals surface area contributed by atoms with Gasteiger partial charge in [-0.15, -0.1) is 0 Å². The van der Waals surface area contributed by atoms with Crippen LogP contribution in [0.1, 0.15) is 0 Å². The molecule has 0 amide bonds. The Labute approximate surface area is 47.2 Å². The number of hydrogen-bond donors (Lipinski definition) is 2. The van der Waals surface area contributed by atoms with Gasteiger partial charge in [0.15, 0.2) is 0 Å². The van der Waals surface area contributed by atoms with Crippen LogP contribution in [-0.4, -0.2) is 24.6 Å². The van der Waals surface area contributed by atoms with Crippen LogP contribution in [0.15, 0.2) is 0 Å². The lowest BCUT2D eigenvalue weighted by molar-refractivity contribution is 0.352. The zero-order valence-electron chi connectivity index (χ0n) is 4.12. The molecule has 0 unspecified atom stereocenters. The standard InChI is InChI=1S/CH6N2.H2O4S/c1-3-2;1-5(2,3)4/h3H,2H2,1H3;(H2,1,2,3,4)/p-2. The minimum atomic E-state index is -5.17. The van der Waals surface area contributed by atoms with E-state index in [1.165, 1.54) is 0 Å². The van der Waals surface area contributed by atoms with Crippen molar-refractivity contribution in [2.45, 2.75) is 0 Å². The third-order valence-electron chi connectivity index (χ3n) is 0. The molecule has 0 aliphatic carbocycles. The van der Waals surface area contributed by atoms with E-state index in [0.29, 0.717) is 0 Å². The van der Waals surface area contributed by atoms with E-state index >= 15 is 0 Å². The molecular weight excluding hydrogens is 136 g/mol. The van der Waals surface area contributed by atoms with E-state index in [2.05, 4.69) is 11.3 Å². The summed E-state index contributed by atoms with van der Waals surface area (Å²) in [6.45, 7) is 0. The molecule has 8 heavy (non-hydrogen) atoms. The van der Waals surface area contributed by atoms with Crippen LogP contribution in [0.25, 0.3) is 0 Å². The van der Waals surface area contributed by atoms with Crippen LogP contribution in [0.2, 0.25) is 0 Å². The van der Waals surface area contributed by atoms with Gasteiger partial charge in [0.25, 0.3) is 0 Å². The highest BCUT2D eigenvalue weighted by molar-refractivity contribution is 7.79. The number of hydrogen-bond acceptors (Lipinski definition) is 6. The lowest BCUT2D eigenvalue weighted by atomic mass is 11.5. The highest BCUT2D eigenvalue weighted by Crippen LogP contribution is 1.57. The molecule has 0 rings (SSSR count). The van der Waals surface area contributed by atoms with Crippen LogP contribution in [0.4, 0.5) is 0 Å². The molecule has 0 aliphatic rings. The van der Waals surface area contributed by atoms with Crippen molar-refractivity contribution in [3.05, 3.63) is 0 Å². The molecule has 0 spiro atoms. The van der Waals surface area contributed by atoms with E-state index in [4.69, 9.17) is 17.5 Å². The van der Waals surface area contributed by atoms with Gasteiger partial charge in [-0.1, -0.05) is 0 Å². The van der Waals surface area contributed by atoms with Crippen LogP contribution in [0.5, 0.6) is 0 Å². The maximum absolute atomic E-state index is 8.52. The molecule has 0 aromatic rings. The summed E-state index contributed by atoms with van der Waals surface area (Å²) in [5, 5.41) is 0. The summed E-state index contributed by atoms with van der Waals surface area (Å²) >= 11 is 0. The quantitative estimate of drug-likeness (QED) is 0.170. The zero-order valence-corrected chi connectivity index (χ0v) is 4.94. The molecule has 0 saturated carbocycles. The largest absolute Gasteiger partial charge is 0.759 e. The summed E-state index contributed by atoms with van der Waals surface area (Å²) in [6, 6.07) is 0. The molecule has 0 aromatic heterocycles. The monoisotopic (exact) mass is 142 g/mol. The molecule has 52 valence electrons. The normalized spacial score (nSPS) is 9.50.